The molecule has 0 aliphatic carbocycles. The highest BCUT2D eigenvalue weighted by molar-refractivity contribution is 7.98. The number of aliphatic hydroxyl groups excluding tert-OH is 1. The van der Waals surface area contributed by atoms with E-state index in [1.165, 1.54) is 5.56 Å². The molecule has 2 aromatic rings. The fourth-order valence-electron chi connectivity index (χ4n) is 2.45. The van der Waals surface area contributed by atoms with Gasteiger partial charge in [-0.15, -0.1) is 11.8 Å². The Morgan fingerprint density at radius 3 is 2.89 bits per heavy atom. The van der Waals surface area contributed by atoms with Gasteiger partial charge in [-0.3, -0.25) is 0 Å². The van der Waals surface area contributed by atoms with Crippen molar-refractivity contribution in [3.05, 3.63) is 59.2 Å². The molecule has 2 nitrogen and oxygen atoms in total. The predicted octanol–water partition coefficient (Wildman–Crippen LogP) is 3.43. The molecule has 1 atom stereocenters. The van der Waals surface area contributed by atoms with Gasteiger partial charge in [0, 0.05) is 11.3 Å². The van der Waals surface area contributed by atoms with Gasteiger partial charge in [0.15, 0.2) is 0 Å². The minimum absolute atomic E-state index is 0.574. The Labute approximate surface area is 117 Å². The second-order valence-electron chi connectivity index (χ2n) is 4.61. The van der Waals surface area contributed by atoms with Crippen molar-refractivity contribution in [3.63, 3.8) is 0 Å². The van der Waals surface area contributed by atoms with Crippen molar-refractivity contribution < 1.29 is 9.84 Å². The Kier molecular flexibility index (Phi) is 3.49. The van der Waals surface area contributed by atoms with E-state index in [1.807, 2.05) is 42.7 Å². The van der Waals surface area contributed by atoms with Gasteiger partial charge in [-0.25, -0.2) is 0 Å². The standard InChI is InChI=1S/C16H16O2S/c1-19-15-5-3-2-4-13(15)16(17)12-6-7-14-11(10-12)8-9-18-14/h2-7,10,16-17H,8-9H2,1H3. The van der Waals surface area contributed by atoms with Gasteiger partial charge in [0.1, 0.15) is 11.9 Å². The molecule has 0 bridgehead atoms. The molecule has 1 aliphatic rings. The van der Waals surface area contributed by atoms with Crippen LogP contribution in [0.2, 0.25) is 0 Å². The van der Waals surface area contributed by atoms with E-state index in [4.69, 9.17) is 4.74 Å². The summed E-state index contributed by atoms with van der Waals surface area (Å²) in [6.45, 7) is 0.746. The summed E-state index contributed by atoms with van der Waals surface area (Å²) >= 11 is 1.66. The molecule has 0 fully saturated rings. The number of hydrogen-bond acceptors (Lipinski definition) is 3. The molecule has 3 rings (SSSR count). The zero-order valence-corrected chi connectivity index (χ0v) is 11.6. The van der Waals surface area contributed by atoms with E-state index in [-0.39, 0.29) is 0 Å². The molecule has 19 heavy (non-hydrogen) atoms. The van der Waals surface area contributed by atoms with Crippen LogP contribution < -0.4 is 4.74 Å². The molecular formula is C16H16O2S. The van der Waals surface area contributed by atoms with Crippen molar-refractivity contribution in [1.82, 2.24) is 0 Å². The topological polar surface area (TPSA) is 29.5 Å². The van der Waals surface area contributed by atoms with Gasteiger partial charge in [-0.05, 0) is 41.1 Å². The SMILES string of the molecule is CSc1ccccc1C(O)c1ccc2c(c1)CCO2. The Balaban J connectivity index is 1.97. The Bertz CT molecular complexity index is 595. The lowest BCUT2D eigenvalue weighted by atomic mass is 9.99. The quantitative estimate of drug-likeness (QED) is 0.868. The van der Waals surface area contributed by atoms with Gasteiger partial charge in [0.2, 0.25) is 0 Å². The Morgan fingerprint density at radius 1 is 1.21 bits per heavy atom. The maximum absolute atomic E-state index is 10.6. The van der Waals surface area contributed by atoms with Crippen LogP contribution in [0.4, 0.5) is 0 Å². The number of rotatable bonds is 3. The summed E-state index contributed by atoms with van der Waals surface area (Å²) in [5, 5.41) is 10.6. The van der Waals surface area contributed by atoms with E-state index >= 15 is 0 Å². The van der Waals surface area contributed by atoms with Crippen LogP contribution in [0.5, 0.6) is 5.75 Å². The first-order valence-electron chi connectivity index (χ1n) is 6.36. The van der Waals surface area contributed by atoms with Crippen LogP contribution in [0.25, 0.3) is 0 Å². The van der Waals surface area contributed by atoms with E-state index in [1.54, 1.807) is 11.8 Å². The minimum atomic E-state index is -0.574. The van der Waals surface area contributed by atoms with Gasteiger partial charge < -0.3 is 9.84 Å². The first-order valence-corrected chi connectivity index (χ1v) is 7.58. The highest BCUT2D eigenvalue weighted by Gasteiger charge is 2.18. The maximum atomic E-state index is 10.6. The summed E-state index contributed by atoms with van der Waals surface area (Å²) in [7, 11) is 0. The van der Waals surface area contributed by atoms with Gasteiger partial charge in [-0.2, -0.15) is 0 Å². The monoisotopic (exact) mass is 272 g/mol. The molecular weight excluding hydrogens is 256 g/mol. The fraction of sp³-hybridized carbons (Fsp3) is 0.250. The molecule has 98 valence electrons. The van der Waals surface area contributed by atoms with Gasteiger partial charge >= 0.3 is 0 Å². The second-order valence-corrected chi connectivity index (χ2v) is 5.46. The summed E-state index contributed by atoms with van der Waals surface area (Å²) in [5.41, 5.74) is 3.10. The molecule has 1 aliphatic heterocycles. The van der Waals surface area contributed by atoms with E-state index in [2.05, 4.69) is 6.07 Å². The lowest BCUT2D eigenvalue weighted by Gasteiger charge is -2.15. The molecule has 1 heterocycles. The van der Waals surface area contributed by atoms with Crippen molar-refractivity contribution in [1.29, 1.82) is 0 Å². The Hall–Kier alpha value is -1.45. The molecule has 1 unspecified atom stereocenters. The minimum Gasteiger partial charge on any atom is -0.493 e. The molecule has 3 heteroatoms. The van der Waals surface area contributed by atoms with E-state index in [9.17, 15) is 5.11 Å². The van der Waals surface area contributed by atoms with Crippen LogP contribution in [0, 0.1) is 0 Å². The van der Waals surface area contributed by atoms with E-state index in [0.29, 0.717) is 0 Å². The van der Waals surface area contributed by atoms with Crippen LogP contribution >= 0.6 is 11.8 Å². The first-order chi connectivity index (χ1) is 9.29. The van der Waals surface area contributed by atoms with Gasteiger partial charge in [0.25, 0.3) is 0 Å². The first kappa shape index (κ1) is 12.6. The lowest BCUT2D eigenvalue weighted by molar-refractivity contribution is 0.217. The number of hydrogen-bond donors (Lipinski definition) is 1. The Morgan fingerprint density at radius 2 is 2.05 bits per heavy atom. The molecule has 0 radical (unpaired) electrons. The van der Waals surface area contributed by atoms with Crippen LogP contribution in [0.15, 0.2) is 47.4 Å². The fourth-order valence-corrected chi connectivity index (χ4v) is 3.08. The van der Waals surface area contributed by atoms with Crippen LogP contribution in [0.1, 0.15) is 22.8 Å². The maximum Gasteiger partial charge on any atom is 0.122 e. The zero-order valence-electron chi connectivity index (χ0n) is 10.8. The number of aliphatic hydroxyl groups is 1. The molecule has 0 saturated heterocycles. The second kappa shape index (κ2) is 5.27. The van der Waals surface area contributed by atoms with Crippen LogP contribution in [-0.2, 0) is 6.42 Å². The molecule has 0 amide bonds. The summed E-state index contributed by atoms with van der Waals surface area (Å²) in [5.74, 6) is 0.953. The smallest absolute Gasteiger partial charge is 0.122 e. The van der Waals surface area contributed by atoms with Crippen molar-refractivity contribution in [2.24, 2.45) is 0 Å². The molecule has 0 spiro atoms. The van der Waals surface area contributed by atoms with Crippen molar-refractivity contribution >= 4 is 11.8 Å². The van der Waals surface area contributed by atoms with Crippen LogP contribution in [0.3, 0.4) is 0 Å². The summed E-state index contributed by atoms with van der Waals surface area (Å²) in [6, 6.07) is 14.0. The third-order valence-corrected chi connectivity index (χ3v) is 4.27. The number of fused-ring (bicyclic) bond motifs is 1. The summed E-state index contributed by atoms with van der Waals surface area (Å²) in [4.78, 5) is 1.12. The third kappa shape index (κ3) is 2.36. The average Bonchev–Trinajstić information content (AvgIpc) is 2.93. The molecule has 2 aromatic carbocycles. The third-order valence-electron chi connectivity index (χ3n) is 3.46. The number of benzene rings is 2. The molecule has 1 N–H and O–H groups in total. The number of thioether (sulfide) groups is 1. The normalized spacial score (nSPS) is 14.8. The van der Waals surface area contributed by atoms with E-state index < -0.39 is 6.10 Å². The van der Waals surface area contributed by atoms with Crippen molar-refractivity contribution in [2.45, 2.75) is 17.4 Å². The predicted molar refractivity (Wildman–Crippen MR) is 77.9 cm³/mol. The lowest BCUT2D eigenvalue weighted by Crippen LogP contribution is -2.01. The largest absolute Gasteiger partial charge is 0.493 e. The van der Waals surface area contributed by atoms with E-state index in [0.717, 1.165) is 34.8 Å². The number of ether oxygens (including phenoxy) is 1. The van der Waals surface area contributed by atoms with Gasteiger partial charge in [-0.1, -0.05) is 24.3 Å². The summed E-state index contributed by atoms with van der Waals surface area (Å²) < 4.78 is 5.50. The molecule has 0 saturated carbocycles. The van der Waals surface area contributed by atoms with Gasteiger partial charge in [0.05, 0.1) is 6.61 Å². The van der Waals surface area contributed by atoms with Crippen molar-refractivity contribution in [3.8, 4) is 5.75 Å². The highest BCUT2D eigenvalue weighted by Crippen LogP contribution is 2.33. The molecule has 0 aromatic heterocycles. The highest BCUT2D eigenvalue weighted by atomic mass is 32.2. The summed E-state index contributed by atoms with van der Waals surface area (Å²) in [6.07, 6.45) is 2.39. The zero-order chi connectivity index (χ0) is 13.2. The average molecular weight is 272 g/mol. The van der Waals surface area contributed by atoms with Crippen molar-refractivity contribution in [2.75, 3.05) is 12.9 Å². The van der Waals surface area contributed by atoms with Crippen LogP contribution in [-0.4, -0.2) is 18.0 Å².